The van der Waals surface area contributed by atoms with Crippen LogP contribution in [0.2, 0.25) is 0 Å². The molecule has 0 saturated carbocycles. The van der Waals surface area contributed by atoms with Crippen molar-refractivity contribution in [1.29, 1.82) is 0 Å². The monoisotopic (exact) mass is 381 g/mol. The first-order valence-corrected chi connectivity index (χ1v) is 10.1. The standard InChI is InChI=1S/C22H31N5O/c1-6-23-22(28)27-13-11-26(12-14-27)21-19(15(2)3)17(5)24-20(25-21)18-9-7-16(4)8-10-18/h7-10,15H,6,11-14H2,1-5H3,(H,23,28). The Balaban J connectivity index is 1.91. The van der Waals surface area contributed by atoms with E-state index in [-0.39, 0.29) is 6.03 Å². The van der Waals surface area contributed by atoms with Crippen molar-refractivity contribution in [1.82, 2.24) is 20.2 Å². The van der Waals surface area contributed by atoms with Gasteiger partial charge in [0.25, 0.3) is 0 Å². The van der Waals surface area contributed by atoms with Crippen LogP contribution < -0.4 is 10.2 Å². The zero-order valence-corrected chi connectivity index (χ0v) is 17.6. The smallest absolute Gasteiger partial charge is 0.317 e. The number of anilines is 1. The third-order valence-corrected chi connectivity index (χ3v) is 5.20. The lowest BCUT2D eigenvalue weighted by Gasteiger charge is -2.37. The molecule has 0 aliphatic carbocycles. The van der Waals surface area contributed by atoms with E-state index in [4.69, 9.17) is 9.97 Å². The predicted molar refractivity (Wildman–Crippen MR) is 114 cm³/mol. The summed E-state index contributed by atoms with van der Waals surface area (Å²) in [5, 5.41) is 2.89. The number of urea groups is 1. The topological polar surface area (TPSA) is 61.4 Å². The average Bonchev–Trinajstić information content (AvgIpc) is 2.68. The summed E-state index contributed by atoms with van der Waals surface area (Å²) in [6.45, 7) is 14.1. The number of aromatic nitrogens is 2. The average molecular weight is 382 g/mol. The molecule has 1 aliphatic rings. The van der Waals surface area contributed by atoms with Crippen molar-refractivity contribution >= 4 is 11.8 Å². The lowest BCUT2D eigenvalue weighted by molar-refractivity contribution is 0.195. The maximum atomic E-state index is 12.1. The highest BCUT2D eigenvalue weighted by atomic mass is 16.2. The highest BCUT2D eigenvalue weighted by molar-refractivity contribution is 5.74. The number of amides is 2. The van der Waals surface area contributed by atoms with Crippen LogP contribution in [-0.4, -0.2) is 53.6 Å². The third kappa shape index (κ3) is 4.26. The molecule has 0 radical (unpaired) electrons. The summed E-state index contributed by atoms with van der Waals surface area (Å²) >= 11 is 0. The normalized spacial score (nSPS) is 14.5. The maximum Gasteiger partial charge on any atom is 0.317 e. The number of hydrogen-bond acceptors (Lipinski definition) is 4. The van der Waals surface area contributed by atoms with Gasteiger partial charge in [-0.05, 0) is 26.7 Å². The van der Waals surface area contributed by atoms with E-state index >= 15 is 0 Å². The highest BCUT2D eigenvalue weighted by Gasteiger charge is 2.25. The number of piperazine rings is 1. The quantitative estimate of drug-likeness (QED) is 0.876. The first-order chi connectivity index (χ1) is 13.4. The first kappa shape index (κ1) is 20.1. The fraction of sp³-hybridized carbons (Fsp3) is 0.500. The second kappa shape index (κ2) is 8.59. The Labute approximate surface area is 168 Å². The Hall–Kier alpha value is -2.63. The van der Waals surface area contributed by atoms with Gasteiger partial charge in [0.15, 0.2) is 5.82 Å². The van der Waals surface area contributed by atoms with Gasteiger partial charge >= 0.3 is 6.03 Å². The molecule has 1 aliphatic heterocycles. The Kier molecular flexibility index (Phi) is 6.17. The molecule has 0 bridgehead atoms. The van der Waals surface area contributed by atoms with E-state index in [1.54, 1.807) is 0 Å². The molecule has 1 saturated heterocycles. The van der Waals surface area contributed by atoms with Gasteiger partial charge in [-0.1, -0.05) is 43.7 Å². The molecule has 1 aromatic heterocycles. The second-order valence-electron chi connectivity index (χ2n) is 7.70. The van der Waals surface area contributed by atoms with Crippen LogP contribution in [0.15, 0.2) is 24.3 Å². The molecule has 0 unspecified atom stereocenters. The molecule has 2 amide bonds. The van der Waals surface area contributed by atoms with Gasteiger partial charge in [0.1, 0.15) is 5.82 Å². The van der Waals surface area contributed by atoms with E-state index in [1.165, 1.54) is 11.1 Å². The van der Waals surface area contributed by atoms with Crippen LogP contribution in [0.25, 0.3) is 11.4 Å². The van der Waals surface area contributed by atoms with Crippen molar-refractivity contribution in [2.45, 2.75) is 40.5 Å². The molecule has 28 heavy (non-hydrogen) atoms. The molecule has 0 atom stereocenters. The van der Waals surface area contributed by atoms with Crippen molar-refractivity contribution in [2.75, 3.05) is 37.6 Å². The summed E-state index contributed by atoms with van der Waals surface area (Å²) in [5.74, 6) is 2.11. The van der Waals surface area contributed by atoms with E-state index in [2.05, 4.69) is 62.2 Å². The van der Waals surface area contributed by atoms with Crippen molar-refractivity contribution in [3.8, 4) is 11.4 Å². The Bertz CT molecular complexity index is 824. The zero-order chi connectivity index (χ0) is 20.3. The molecule has 2 heterocycles. The molecule has 1 N–H and O–H groups in total. The van der Waals surface area contributed by atoms with Crippen molar-refractivity contribution in [3.05, 3.63) is 41.1 Å². The molecule has 3 rings (SSSR count). The Morgan fingerprint density at radius 1 is 1.07 bits per heavy atom. The molecular weight excluding hydrogens is 350 g/mol. The minimum Gasteiger partial charge on any atom is -0.353 e. The van der Waals surface area contributed by atoms with Gasteiger partial charge in [-0.15, -0.1) is 0 Å². The molecule has 2 aromatic rings. The largest absolute Gasteiger partial charge is 0.353 e. The van der Waals surface area contributed by atoms with Gasteiger partial charge in [-0.25, -0.2) is 14.8 Å². The number of hydrogen-bond donors (Lipinski definition) is 1. The SMILES string of the molecule is CCNC(=O)N1CCN(c2nc(-c3ccc(C)cc3)nc(C)c2C(C)C)CC1. The van der Waals surface area contributed by atoms with Crippen molar-refractivity contribution < 1.29 is 4.79 Å². The Morgan fingerprint density at radius 2 is 1.71 bits per heavy atom. The minimum absolute atomic E-state index is 0.0189. The molecule has 6 heteroatoms. The number of benzene rings is 1. The lowest BCUT2D eigenvalue weighted by atomic mass is 10.0. The third-order valence-electron chi connectivity index (χ3n) is 5.20. The van der Waals surface area contributed by atoms with Crippen LogP contribution in [-0.2, 0) is 0 Å². The minimum atomic E-state index is 0.0189. The summed E-state index contributed by atoms with van der Waals surface area (Å²) in [7, 11) is 0. The highest BCUT2D eigenvalue weighted by Crippen LogP contribution is 2.31. The van der Waals surface area contributed by atoms with Crippen LogP contribution >= 0.6 is 0 Å². The maximum absolute atomic E-state index is 12.1. The fourth-order valence-corrected chi connectivity index (χ4v) is 3.70. The molecule has 1 fully saturated rings. The van der Waals surface area contributed by atoms with Gasteiger partial charge < -0.3 is 15.1 Å². The van der Waals surface area contributed by atoms with E-state index in [0.717, 1.165) is 36.0 Å². The molecule has 150 valence electrons. The van der Waals surface area contributed by atoms with Gasteiger partial charge in [0, 0.05) is 49.5 Å². The molecule has 0 spiro atoms. The summed E-state index contributed by atoms with van der Waals surface area (Å²) in [5.41, 5.74) is 4.48. The number of carbonyl (C=O) groups excluding carboxylic acids is 1. The summed E-state index contributed by atoms with van der Waals surface area (Å²) in [6, 6.07) is 8.36. The van der Waals surface area contributed by atoms with E-state index in [0.29, 0.717) is 25.6 Å². The summed E-state index contributed by atoms with van der Waals surface area (Å²) in [4.78, 5) is 26.1. The van der Waals surface area contributed by atoms with Crippen LogP contribution in [0, 0.1) is 13.8 Å². The number of rotatable bonds is 4. The fourth-order valence-electron chi connectivity index (χ4n) is 3.70. The zero-order valence-electron chi connectivity index (χ0n) is 17.6. The number of aryl methyl sites for hydroxylation is 2. The Morgan fingerprint density at radius 3 is 2.29 bits per heavy atom. The van der Waals surface area contributed by atoms with Gasteiger partial charge in [-0.3, -0.25) is 0 Å². The van der Waals surface area contributed by atoms with E-state index in [9.17, 15) is 4.79 Å². The lowest BCUT2D eigenvalue weighted by Crippen LogP contribution is -2.52. The number of nitrogens with zero attached hydrogens (tertiary/aromatic N) is 4. The van der Waals surface area contributed by atoms with Crippen LogP contribution in [0.3, 0.4) is 0 Å². The second-order valence-corrected chi connectivity index (χ2v) is 7.70. The van der Waals surface area contributed by atoms with Gasteiger partial charge in [0.2, 0.25) is 0 Å². The number of nitrogens with one attached hydrogen (secondary N) is 1. The molecule has 6 nitrogen and oxygen atoms in total. The van der Waals surface area contributed by atoms with Crippen LogP contribution in [0.1, 0.15) is 43.5 Å². The van der Waals surface area contributed by atoms with Gasteiger partial charge in [0.05, 0.1) is 0 Å². The number of carbonyl (C=O) groups is 1. The first-order valence-electron chi connectivity index (χ1n) is 10.1. The van der Waals surface area contributed by atoms with E-state index < -0.39 is 0 Å². The van der Waals surface area contributed by atoms with E-state index in [1.807, 2.05) is 11.8 Å². The van der Waals surface area contributed by atoms with Crippen molar-refractivity contribution in [3.63, 3.8) is 0 Å². The predicted octanol–water partition coefficient (Wildman–Crippen LogP) is 3.74. The summed E-state index contributed by atoms with van der Waals surface area (Å²) in [6.07, 6.45) is 0. The van der Waals surface area contributed by atoms with Crippen LogP contribution in [0.5, 0.6) is 0 Å². The molecular formula is C22H31N5O. The summed E-state index contributed by atoms with van der Waals surface area (Å²) < 4.78 is 0. The van der Waals surface area contributed by atoms with Gasteiger partial charge in [-0.2, -0.15) is 0 Å². The molecule has 1 aromatic carbocycles. The van der Waals surface area contributed by atoms with Crippen molar-refractivity contribution in [2.24, 2.45) is 0 Å². The van der Waals surface area contributed by atoms with Crippen LogP contribution in [0.4, 0.5) is 10.6 Å².